The predicted molar refractivity (Wildman–Crippen MR) is 143 cm³/mol. The Morgan fingerprint density at radius 3 is 2.50 bits per heavy atom. The van der Waals surface area contributed by atoms with Crippen molar-refractivity contribution < 1.29 is 14.3 Å². The zero-order valence-electron chi connectivity index (χ0n) is 21.4. The van der Waals surface area contributed by atoms with E-state index in [-0.39, 0.29) is 17.4 Å². The van der Waals surface area contributed by atoms with Crippen molar-refractivity contribution in [2.75, 3.05) is 43.1 Å². The van der Waals surface area contributed by atoms with Crippen molar-refractivity contribution in [3.63, 3.8) is 0 Å². The van der Waals surface area contributed by atoms with Gasteiger partial charge in [-0.05, 0) is 63.4 Å². The molecule has 1 aromatic heterocycles. The molecule has 2 heterocycles. The van der Waals surface area contributed by atoms with Crippen LogP contribution in [0.1, 0.15) is 27.2 Å². The summed E-state index contributed by atoms with van der Waals surface area (Å²) in [4.78, 5) is 41.7. The predicted octanol–water partition coefficient (Wildman–Crippen LogP) is 3.42. The average Bonchev–Trinajstić information content (AvgIpc) is 2.93. The summed E-state index contributed by atoms with van der Waals surface area (Å²) in [5.41, 5.74) is 0.268. The Hall–Kier alpha value is -3.65. The van der Waals surface area contributed by atoms with Gasteiger partial charge in [0.25, 0.3) is 5.56 Å². The molecule has 0 saturated heterocycles. The van der Waals surface area contributed by atoms with Gasteiger partial charge in [0.15, 0.2) is 0 Å². The molecule has 2 amide bonds. The van der Waals surface area contributed by atoms with Crippen molar-refractivity contribution in [2.45, 2.75) is 33.7 Å². The maximum Gasteiger partial charge on any atom is 0.258 e. The Morgan fingerprint density at radius 2 is 1.72 bits per heavy atom. The van der Waals surface area contributed by atoms with Gasteiger partial charge in [-0.25, -0.2) is 0 Å². The third-order valence-corrected chi connectivity index (χ3v) is 6.72. The molecule has 0 bridgehead atoms. The van der Waals surface area contributed by atoms with Crippen molar-refractivity contribution in [1.29, 1.82) is 0 Å². The van der Waals surface area contributed by atoms with E-state index in [1.165, 1.54) is 0 Å². The van der Waals surface area contributed by atoms with Gasteiger partial charge < -0.3 is 24.4 Å². The summed E-state index contributed by atoms with van der Waals surface area (Å²) >= 11 is 0. The lowest BCUT2D eigenvalue weighted by atomic mass is 9.90. The van der Waals surface area contributed by atoms with Gasteiger partial charge >= 0.3 is 0 Å². The molecular formula is C28H34N4O4. The molecule has 1 N–H and O–H groups in total. The summed E-state index contributed by atoms with van der Waals surface area (Å²) in [6, 6.07) is 15.1. The van der Waals surface area contributed by atoms with E-state index >= 15 is 0 Å². The quantitative estimate of drug-likeness (QED) is 0.367. The van der Waals surface area contributed by atoms with Crippen LogP contribution in [0.2, 0.25) is 0 Å². The van der Waals surface area contributed by atoms with Gasteiger partial charge in [0, 0.05) is 44.3 Å². The van der Waals surface area contributed by atoms with E-state index in [0.29, 0.717) is 43.4 Å². The maximum atomic E-state index is 13.0. The number of benzene rings is 2. The minimum Gasteiger partial charge on any atom is -0.493 e. The second kappa shape index (κ2) is 10.5. The van der Waals surface area contributed by atoms with Gasteiger partial charge in [-0.2, -0.15) is 0 Å². The minimum atomic E-state index is -1.13. The van der Waals surface area contributed by atoms with Crippen molar-refractivity contribution >= 4 is 34.0 Å². The number of aromatic nitrogens is 1. The second-order valence-electron chi connectivity index (χ2n) is 9.54. The first-order valence-corrected chi connectivity index (χ1v) is 12.4. The summed E-state index contributed by atoms with van der Waals surface area (Å²) in [6.07, 6.45) is 2.62. The molecule has 36 heavy (non-hydrogen) atoms. The maximum absolute atomic E-state index is 13.0. The lowest BCUT2D eigenvalue weighted by Crippen LogP contribution is -2.47. The van der Waals surface area contributed by atoms with E-state index in [1.807, 2.05) is 61.7 Å². The van der Waals surface area contributed by atoms with Crippen LogP contribution < -0.4 is 25.4 Å². The molecule has 1 aliphatic rings. The molecule has 1 aliphatic heterocycles. The number of amides is 2. The van der Waals surface area contributed by atoms with Crippen LogP contribution >= 0.6 is 0 Å². The first-order chi connectivity index (χ1) is 17.3. The largest absolute Gasteiger partial charge is 0.493 e. The molecule has 0 unspecified atom stereocenters. The number of nitrogens with one attached hydrogen (secondary N) is 1. The highest BCUT2D eigenvalue weighted by Gasteiger charge is 2.45. The zero-order valence-corrected chi connectivity index (χ0v) is 21.4. The van der Waals surface area contributed by atoms with E-state index in [0.717, 1.165) is 23.7 Å². The second-order valence-corrected chi connectivity index (χ2v) is 9.54. The van der Waals surface area contributed by atoms with Crippen molar-refractivity contribution in [3.8, 4) is 5.75 Å². The highest BCUT2D eigenvalue weighted by atomic mass is 16.5. The molecule has 190 valence electrons. The van der Waals surface area contributed by atoms with Gasteiger partial charge in [0.2, 0.25) is 11.8 Å². The molecule has 0 atom stereocenters. The Kier molecular flexibility index (Phi) is 7.45. The molecule has 8 heteroatoms. The normalized spacial score (nSPS) is 15.2. The number of nitrogens with zero attached hydrogens (tertiary/aromatic N) is 3. The fourth-order valence-electron chi connectivity index (χ4n) is 4.59. The molecule has 0 aliphatic carbocycles. The van der Waals surface area contributed by atoms with E-state index in [4.69, 9.17) is 4.74 Å². The Balaban J connectivity index is 1.29. The molecule has 0 saturated carbocycles. The van der Waals surface area contributed by atoms with Gasteiger partial charge in [0.1, 0.15) is 11.2 Å². The summed E-state index contributed by atoms with van der Waals surface area (Å²) in [7, 11) is 1.70. The topological polar surface area (TPSA) is 83.9 Å². The van der Waals surface area contributed by atoms with Crippen LogP contribution in [0.25, 0.3) is 10.8 Å². The SMILES string of the molecule is CCN1C(=O)C(C)(C)C(=O)N(C)c2cc(OCCCNCCn3ccc4ccccc4c3=O)ccc21. The first kappa shape index (κ1) is 25.4. The van der Waals surface area contributed by atoms with Crippen LogP contribution in [-0.4, -0.2) is 49.7 Å². The molecule has 3 aromatic rings. The molecule has 0 spiro atoms. The van der Waals surface area contributed by atoms with E-state index in [1.54, 1.807) is 35.3 Å². The van der Waals surface area contributed by atoms with Crippen LogP contribution in [0, 0.1) is 5.41 Å². The molecular weight excluding hydrogens is 456 g/mol. The fraction of sp³-hybridized carbons (Fsp3) is 0.393. The van der Waals surface area contributed by atoms with E-state index in [2.05, 4.69) is 5.32 Å². The van der Waals surface area contributed by atoms with Crippen LogP contribution in [-0.2, 0) is 16.1 Å². The number of hydrogen-bond donors (Lipinski definition) is 1. The van der Waals surface area contributed by atoms with Crippen molar-refractivity contribution in [3.05, 3.63) is 65.1 Å². The Labute approximate surface area is 211 Å². The van der Waals surface area contributed by atoms with Gasteiger partial charge in [0.05, 0.1) is 18.0 Å². The zero-order chi connectivity index (χ0) is 25.9. The molecule has 2 aromatic carbocycles. The number of hydrogen-bond acceptors (Lipinski definition) is 5. The van der Waals surface area contributed by atoms with Crippen LogP contribution in [0.4, 0.5) is 11.4 Å². The standard InChI is InChI=1S/C28H34N4O4/c1-5-32-23-12-11-21(19-24(23)30(4)26(34)28(2,3)27(32)35)36-18-8-14-29-15-17-31-16-13-20-9-6-7-10-22(20)25(31)33/h6-7,9-13,16,19,29H,5,8,14-15,17-18H2,1-4H3. The minimum absolute atomic E-state index is 0.0246. The van der Waals surface area contributed by atoms with Gasteiger partial charge in [-0.3, -0.25) is 14.4 Å². The van der Waals surface area contributed by atoms with Crippen molar-refractivity contribution in [1.82, 2.24) is 9.88 Å². The lowest BCUT2D eigenvalue weighted by molar-refractivity contribution is -0.137. The molecule has 0 radical (unpaired) electrons. The smallest absolute Gasteiger partial charge is 0.258 e. The summed E-state index contributed by atoms with van der Waals surface area (Å²) in [6.45, 7) is 8.25. The third-order valence-electron chi connectivity index (χ3n) is 6.72. The van der Waals surface area contributed by atoms with Gasteiger partial charge in [-0.15, -0.1) is 0 Å². The van der Waals surface area contributed by atoms with Crippen LogP contribution in [0.15, 0.2) is 59.5 Å². The van der Waals surface area contributed by atoms with Crippen LogP contribution in [0.3, 0.4) is 0 Å². The Morgan fingerprint density at radius 1 is 0.944 bits per heavy atom. The summed E-state index contributed by atoms with van der Waals surface area (Å²) in [5.74, 6) is 0.210. The number of ether oxygens (including phenoxy) is 1. The number of fused-ring (bicyclic) bond motifs is 2. The number of rotatable bonds is 9. The summed E-state index contributed by atoms with van der Waals surface area (Å²) in [5, 5.41) is 5.04. The highest BCUT2D eigenvalue weighted by Crippen LogP contribution is 2.40. The number of pyridine rings is 1. The Bertz CT molecular complexity index is 1330. The molecule has 4 rings (SSSR count). The molecule has 0 fully saturated rings. The third kappa shape index (κ3) is 4.86. The van der Waals surface area contributed by atoms with Crippen LogP contribution in [0.5, 0.6) is 5.75 Å². The molecule has 8 nitrogen and oxygen atoms in total. The number of carbonyl (C=O) groups is 2. The van der Waals surface area contributed by atoms with E-state index < -0.39 is 5.41 Å². The fourth-order valence-corrected chi connectivity index (χ4v) is 4.59. The monoisotopic (exact) mass is 490 g/mol. The lowest BCUT2D eigenvalue weighted by Gasteiger charge is -2.27. The number of carbonyl (C=O) groups excluding carboxylic acids is 2. The van der Waals surface area contributed by atoms with Gasteiger partial charge in [-0.1, -0.05) is 18.2 Å². The number of anilines is 2. The van der Waals surface area contributed by atoms with E-state index in [9.17, 15) is 14.4 Å². The van der Waals surface area contributed by atoms with Crippen molar-refractivity contribution in [2.24, 2.45) is 5.41 Å². The highest BCUT2D eigenvalue weighted by molar-refractivity contribution is 6.20. The average molecular weight is 491 g/mol. The summed E-state index contributed by atoms with van der Waals surface area (Å²) < 4.78 is 7.67. The first-order valence-electron chi connectivity index (χ1n) is 12.4.